The second-order valence-electron chi connectivity index (χ2n) is 7.03. The minimum Gasteiger partial charge on any atom is -1.00 e. The van der Waals surface area contributed by atoms with Crippen LogP contribution in [0.15, 0.2) is 46.7 Å². The van der Waals surface area contributed by atoms with Crippen LogP contribution in [0.5, 0.6) is 5.75 Å². The Bertz CT molecular complexity index is 1050. The Morgan fingerprint density at radius 2 is 1.97 bits per heavy atom. The molecule has 0 saturated carbocycles. The van der Waals surface area contributed by atoms with Crippen LogP contribution in [0.1, 0.15) is 24.3 Å². The minimum atomic E-state index is -0.367. The second kappa shape index (κ2) is 8.59. The highest BCUT2D eigenvalue weighted by Crippen LogP contribution is 2.53. The Balaban J connectivity index is 0.00000240. The number of nitrogens with zero attached hydrogens (tertiary/aromatic N) is 1. The summed E-state index contributed by atoms with van der Waals surface area (Å²) in [6.45, 7) is 4.39. The third-order valence-electron chi connectivity index (χ3n) is 4.66. The summed E-state index contributed by atoms with van der Waals surface area (Å²) in [4.78, 5) is 11.8. The first-order valence-electron chi connectivity index (χ1n) is 8.68. The Hall–Kier alpha value is -1.68. The maximum absolute atomic E-state index is 10.8. The number of rotatable bonds is 5. The van der Waals surface area contributed by atoms with E-state index >= 15 is 0 Å². The summed E-state index contributed by atoms with van der Waals surface area (Å²) in [7, 11) is 5.29. The van der Waals surface area contributed by atoms with Crippen LogP contribution in [0.4, 0.5) is 11.4 Å². The van der Waals surface area contributed by atoms with Gasteiger partial charge in [-0.2, -0.15) is 0 Å². The number of ether oxygens (including phenoxy) is 1. The average molecular weight is 511 g/mol. The van der Waals surface area contributed by atoms with E-state index < -0.39 is 0 Å². The number of nitro benzene ring substituents is 1. The van der Waals surface area contributed by atoms with Crippen molar-refractivity contribution in [3.63, 3.8) is 0 Å². The lowest BCUT2D eigenvalue weighted by Crippen LogP contribution is -3.00. The third-order valence-corrected chi connectivity index (χ3v) is 9.09. The maximum atomic E-state index is 10.8. The van der Waals surface area contributed by atoms with Gasteiger partial charge in [-0.05, 0) is 31.5 Å². The lowest BCUT2D eigenvalue weighted by atomic mass is 9.90. The van der Waals surface area contributed by atoms with Crippen LogP contribution in [-0.4, -0.2) is 12.0 Å². The van der Waals surface area contributed by atoms with Crippen molar-refractivity contribution in [1.29, 1.82) is 0 Å². The highest BCUT2D eigenvalue weighted by atomic mass is 79.9. The minimum absolute atomic E-state index is 0. The van der Waals surface area contributed by atoms with Crippen molar-refractivity contribution in [2.45, 2.75) is 29.3 Å². The summed E-state index contributed by atoms with van der Waals surface area (Å²) in [6, 6.07) is 13.0. The van der Waals surface area contributed by atoms with Gasteiger partial charge in [-0.15, -0.1) is 0 Å². The molecule has 5 nitrogen and oxygen atoms in total. The smallest absolute Gasteiger partial charge is 0.308 e. The Kier molecular flexibility index (Phi) is 6.52. The van der Waals surface area contributed by atoms with Gasteiger partial charge in [0, 0.05) is 35.2 Å². The van der Waals surface area contributed by atoms with E-state index in [0.717, 1.165) is 22.8 Å². The molecule has 1 aliphatic rings. The largest absolute Gasteiger partial charge is 1.00 e. The van der Waals surface area contributed by atoms with E-state index in [9.17, 15) is 10.1 Å². The summed E-state index contributed by atoms with van der Waals surface area (Å²) in [5.74, 6) is 1.61. The summed E-state index contributed by atoms with van der Waals surface area (Å²) in [5.41, 5.74) is 4.62. The molecule has 0 unspecified atom stereocenters. The highest BCUT2D eigenvalue weighted by Gasteiger charge is 2.40. The van der Waals surface area contributed by atoms with Gasteiger partial charge >= 0.3 is 10.3 Å². The number of methoxy groups -OCH3 is 1. The molecule has 152 valence electrons. The first-order chi connectivity index (χ1) is 13.4. The molecule has 0 aliphatic carbocycles. The molecular formula is C20H19BrN2O3S3. The second-order valence-corrected chi connectivity index (χ2v) is 10.4. The number of halogens is 1. The molecule has 3 aromatic rings. The maximum Gasteiger partial charge on any atom is 0.308 e. The van der Waals surface area contributed by atoms with E-state index in [1.54, 1.807) is 41.3 Å². The van der Waals surface area contributed by atoms with Crippen LogP contribution in [0.3, 0.4) is 0 Å². The predicted molar refractivity (Wildman–Crippen MR) is 118 cm³/mol. The summed E-state index contributed by atoms with van der Waals surface area (Å²) < 4.78 is 6.67. The highest BCUT2D eigenvalue weighted by molar-refractivity contribution is 8.02. The van der Waals surface area contributed by atoms with E-state index in [1.165, 1.54) is 20.2 Å². The van der Waals surface area contributed by atoms with Crippen molar-refractivity contribution < 1.29 is 26.6 Å². The summed E-state index contributed by atoms with van der Waals surface area (Å²) >= 11 is 1.78. The lowest BCUT2D eigenvalue weighted by Gasteiger charge is -2.32. The molecule has 1 aliphatic heterocycles. The van der Waals surface area contributed by atoms with Gasteiger partial charge in [0.1, 0.15) is 10.6 Å². The SMILES string of the molecule is COc1ccc2c(c1)NC(C)(C)c1s[s+]c(SCc3ccc([N+](=O)[O-])cc3)c1-2.[Br-]. The number of hydrogen-bond donors (Lipinski definition) is 1. The molecule has 29 heavy (non-hydrogen) atoms. The van der Waals surface area contributed by atoms with Crippen LogP contribution < -0.4 is 27.0 Å². The van der Waals surface area contributed by atoms with Gasteiger partial charge < -0.3 is 27.0 Å². The first-order valence-corrected chi connectivity index (χ1v) is 11.8. The molecule has 0 radical (unpaired) electrons. The fourth-order valence-electron chi connectivity index (χ4n) is 3.23. The zero-order valence-corrected chi connectivity index (χ0v) is 20.1. The fourth-order valence-corrected chi connectivity index (χ4v) is 7.92. The van der Waals surface area contributed by atoms with Crippen LogP contribution in [0.25, 0.3) is 11.1 Å². The van der Waals surface area contributed by atoms with Gasteiger partial charge in [0.2, 0.25) is 0 Å². The van der Waals surface area contributed by atoms with E-state index in [4.69, 9.17) is 4.74 Å². The molecule has 0 fully saturated rings. The monoisotopic (exact) mass is 510 g/mol. The predicted octanol–water partition coefficient (Wildman–Crippen LogP) is 3.63. The first kappa shape index (κ1) is 22.0. The van der Waals surface area contributed by atoms with Crippen molar-refractivity contribution in [2.24, 2.45) is 0 Å². The van der Waals surface area contributed by atoms with Crippen molar-refractivity contribution in [3.05, 3.63) is 63.0 Å². The van der Waals surface area contributed by atoms with E-state index in [0.29, 0.717) is 0 Å². The van der Waals surface area contributed by atoms with Crippen LogP contribution in [0, 0.1) is 10.1 Å². The third kappa shape index (κ3) is 4.28. The quantitative estimate of drug-likeness (QED) is 0.186. The van der Waals surface area contributed by atoms with Gasteiger partial charge in [0.25, 0.3) is 9.90 Å². The van der Waals surface area contributed by atoms with Crippen molar-refractivity contribution in [2.75, 3.05) is 12.4 Å². The van der Waals surface area contributed by atoms with Crippen LogP contribution >= 0.6 is 32.4 Å². The molecule has 0 bridgehead atoms. The molecule has 0 atom stereocenters. The molecule has 2 heterocycles. The van der Waals surface area contributed by atoms with Crippen molar-refractivity contribution in [1.82, 2.24) is 0 Å². The van der Waals surface area contributed by atoms with Gasteiger partial charge in [-0.3, -0.25) is 10.1 Å². The van der Waals surface area contributed by atoms with Crippen LogP contribution in [0.2, 0.25) is 0 Å². The number of hydrogen-bond acceptors (Lipinski definition) is 6. The summed E-state index contributed by atoms with van der Waals surface area (Å²) in [6.07, 6.45) is 0. The number of nitro groups is 1. The number of nitrogens with one attached hydrogen (secondary N) is 1. The lowest BCUT2D eigenvalue weighted by molar-refractivity contribution is -0.384. The standard InChI is InChI=1S/C20H19N2O3S3.BrH/c1-20(2)18-17(15-9-8-14(25-3)10-16(15)21-20)19(28-27-18)26-11-12-4-6-13(7-5-12)22(23)24;/h4-10,21H,11H2,1-3H3;1H/q+1;/p-1. The number of anilines is 1. The molecule has 1 aromatic heterocycles. The zero-order chi connectivity index (χ0) is 19.9. The topological polar surface area (TPSA) is 64.4 Å². The normalized spacial score (nSPS) is 13.5. The van der Waals surface area contributed by atoms with E-state index in [1.807, 2.05) is 34.6 Å². The number of non-ortho nitro benzene ring substituents is 1. The molecule has 0 saturated heterocycles. The Labute approximate surface area is 191 Å². The van der Waals surface area contributed by atoms with Gasteiger partial charge in [0.05, 0.1) is 23.1 Å². The van der Waals surface area contributed by atoms with Crippen LogP contribution in [-0.2, 0) is 11.3 Å². The summed E-state index contributed by atoms with van der Waals surface area (Å²) in [5, 5.41) is 14.5. The Morgan fingerprint density at radius 1 is 1.24 bits per heavy atom. The van der Waals surface area contributed by atoms with Gasteiger partial charge in [-0.1, -0.05) is 23.9 Å². The van der Waals surface area contributed by atoms with E-state index in [2.05, 4.69) is 25.2 Å². The number of thioether (sulfide) groups is 1. The van der Waals surface area contributed by atoms with Gasteiger partial charge in [0.15, 0.2) is 10.3 Å². The van der Waals surface area contributed by atoms with Gasteiger partial charge in [-0.25, -0.2) is 0 Å². The molecule has 4 rings (SSSR count). The zero-order valence-electron chi connectivity index (χ0n) is 16.0. The average Bonchev–Trinajstić information content (AvgIpc) is 3.11. The molecule has 0 amide bonds. The molecule has 0 spiro atoms. The Morgan fingerprint density at radius 3 is 2.62 bits per heavy atom. The molecule has 2 aromatic carbocycles. The van der Waals surface area contributed by atoms with E-state index in [-0.39, 0.29) is 33.1 Å². The molecule has 9 heteroatoms. The van der Waals surface area contributed by atoms with Crippen molar-refractivity contribution in [3.8, 4) is 16.9 Å². The molecular weight excluding hydrogens is 492 g/mol. The van der Waals surface area contributed by atoms with Crippen molar-refractivity contribution >= 4 is 43.8 Å². The number of benzene rings is 2. The number of fused-ring (bicyclic) bond motifs is 3. The molecule has 1 N–H and O–H groups in total. The fraction of sp³-hybridized carbons (Fsp3) is 0.250.